The SMILES string of the molecule is CCc1ccc(C[NH+](C)[C@@H](C)C(=O)Nc2ccc([N+](=O)[O-])cc2OC)cc1. The van der Waals surface area contributed by atoms with Crippen LogP contribution in [0.5, 0.6) is 5.75 Å². The topological polar surface area (TPSA) is 85.9 Å². The smallest absolute Gasteiger partial charge is 0.282 e. The van der Waals surface area contributed by atoms with Gasteiger partial charge >= 0.3 is 0 Å². The second-order valence-electron chi connectivity index (χ2n) is 6.55. The highest BCUT2D eigenvalue weighted by Gasteiger charge is 2.23. The van der Waals surface area contributed by atoms with Gasteiger partial charge in [0, 0.05) is 11.6 Å². The molecule has 0 fully saturated rings. The number of methoxy groups -OCH3 is 1. The summed E-state index contributed by atoms with van der Waals surface area (Å²) in [6.07, 6.45) is 0.999. The number of nitro benzene ring substituents is 1. The fraction of sp³-hybridized carbons (Fsp3) is 0.350. The number of non-ortho nitro benzene ring substituents is 1. The molecule has 0 aliphatic heterocycles. The lowest BCUT2D eigenvalue weighted by atomic mass is 10.1. The maximum absolute atomic E-state index is 12.6. The van der Waals surface area contributed by atoms with Gasteiger partial charge in [0.15, 0.2) is 6.04 Å². The van der Waals surface area contributed by atoms with Crippen LogP contribution in [0.3, 0.4) is 0 Å². The Morgan fingerprint density at radius 1 is 1.22 bits per heavy atom. The van der Waals surface area contributed by atoms with E-state index in [9.17, 15) is 14.9 Å². The Balaban J connectivity index is 2.04. The Bertz CT molecular complexity index is 805. The van der Waals surface area contributed by atoms with Gasteiger partial charge in [-0.15, -0.1) is 0 Å². The van der Waals surface area contributed by atoms with Gasteiger partial charge in [0.2, 0.25) is 0 Å². The van der Waals surface area contributed by atoms with Gasteiger partial charge < -0.3 is 15.0 Å². The molecule has 0 radical (unpaired) electrons. The zero-order chi connectivity index (χ0) is 20.0. The molecule has 0 aliphatic rings. The van der Waals surface area contributed by atoms with Gasteiger partial charge in [0.25, 0.3) is 11.6 Å². The number of nitro groups is 1. The molecule has 144 valence electrons. The van der Waals surface area contributed by atoms with Crippen molar-refractivity contribution in [3.8, 4) is 5.75 Å². The monoisotopic (exact) mass is 372 g/mol. The first-order valence-electron chi connectivity index (χ1n) is 8.89. The number of hydrogen-bond acceptors (Lipinski definition) is 4. The Morgan fingerprint density at radius 3 is 2.41 bits per heavy atom. The number of aryl methyl sites for hydroxylation is 1. The molecule has 0 aromatic heterocycles. The maximum atomic E-state index is 12.6. The average molecular weight is 372 g/mol. The van der Waals surface area contributed by atoms with Crippen LogP contribution in [0.4, 0.5) is 11.4 Å². The molecule has 0 saturated carbocycles. The number of benzene rings is 2. The summed E-state index contributed by atoms with van der Waals surface area (Å²) in [5.41, 5.74) is 2.78. The van der Waals surface area contributed by atoms with Crippen LogP contribution in [0, 0.1) is 10.1 Å². The third-order valence-corrected chi connectivity index (χ3v) is 4.70. The molecule has 1 unspecified atom stereocenters. The van der Waals surface area contributed by atoms with Crippen molar-refractivity contribution in [2.75, 3.05) is 19.5 Å². The van der Waals surface area contributed by atoms with Crippen molar-refractivity contribution in [2.24, 2.45) is 0 Å². The fourth-order valence-corrected chi connectivity index (χ4v) is 2.73. The van der Waals surface area contributed by atoms with E-state index in [1.807, 2.05) is 14.0 Å². The second kappa shape index (κ2) is 9.14. The lowest BCUT2D eigenvalue weighted by Gasteiger charge is -2.21. The van der Waals surface area contributed by atoms with Crippen molar-refractivity contribution >= 4 is 17.3 Å². The lowest BCUT2D eigenvalue weighted by Crippen LogP contribution is -3.12. The van der Waals surface area contributed by atoms with Crippen LogP contribution in [0.25, 0.3) is 0 Å². The van der Waals surface area contributed by atoms with Gasteiger partial charge in [0.05, 0.1) is 30.8 Å². The van der Waals surface area contributed by atoms with E-state index in [4.69, 9.17) is 4.74 Å². The molecule has 2 atom stereocenters. The normalized spacial score (nSPS) is 12.9. The predicted octanol–water partition coefficient (Wildman–Crippen LogP) is 2.21. The highest BCUT2D eigenvalue weighted by atomic mass is 16.6. The van der Waals surface area contributed by atoms with E-state index in [1.54, 1.807) is 0 Å². The average Bonchev–Trinajstić information content (AvgIpc) is 2.67. The number of hydrogen-bond donors (Lipinski definition) is 2. The summed E-state index contributed by atoms with van der Waals surface area (Å²) in [5.74, 6) is 0.0855. The third kappa shape index (κ3) is 5.27. The first-order chi connectivity index (χ1) is 12.8. The van der Waals surface area contributed by atoms with Gasteiger partial charge in [-0.3, -0.25) is 14.9 Å². The molecule has 0 heterocycles. The van der Waals surface area contributed by atoms with Gasteiger partial charge in [-0.25, -0.2) is 0 Å². The number of nitrogens with one attached hydrogen (secondary N) is 2. The molecule has 2 rings (SSSR count). The highest BCUT2D eigenvalue weighted by Crippen LogP contribution is 2.28. The fourth-order valence-electron chi connectivity index (χ4n) is 2.73. The molecular weight excluding hydrogens is 346 g/mol. The van der Waals surface area contributed by atoms with Crippen molar-refractivity contribution in [1.82, 2.24) is 0 Å². The summed E-state index contributed by atoms with van der Waals surface area (Å²) >= 11 is 0. The van der Waals surface area contributed by atoms with Crippen LogP contribution in [0.2, 0.25) is 0 Å². The van der Waals surface area contributed by atoms with E-state index in [2.05, 4.69) is 36.5 Å². The van der Waals surface area contributed by atoms with Crippen LogP contribution in [-0.2, 0) is 17.8 Å². The molecule has 0 aliphatic carbocycles. The summed E-state index contributed by atoms with van der Waals surface area (Å²) in [5, 5.41) is 13.7. The summed E-state index contributed by atoms with van der Waals surface area (Å²) in [7, 11) is 3.38. The number of carbonyl (C=O) groups excluding carboxylic acids is 1. The van der Waals surface area contributed by atoms with Gasteiger partial charge in [-0.1, -0.05) is 31.2 Å². The Morgan fingerprint density at radius 2 is 1.85 bits per heavy atom. The first-order valence-corrected chi connectivity index (χ1v) is 8.89. The maximum Gasteiger partial charge on any atom is 0.282 e. The van der Waals surface area contributed by atoms with E-state index in [0.29, 0.717) is 5.69 Å². The molecule has 7 heteroatoms. The van der Waals surface area contributed by atoms with Crippen molar-refractivity contribution in [3.05, 3.63) is 63.7 Å². The van der Waals surface area contributed by atoms with Crippen molar-refractivity contribution < 1.29 is 19.4 Å². The molecule has 1 amide bonds. The summed E-state index contributed by atoms with van der Waals surface area (Å²) < 4.78 is 5.17. The van der Waals surface area contributed by atoms with E-state index in [-0.39, 0.29) is 23.4 Å². The third-order valence-electron chi connectivity index (χ3n) is 4.70. The number of likely N-dealkylation sites (N-methyl/N-ethyl adjacent to an activating group) is 1. The highest BCUT2D eigenvalue weighted by molar-refractivity contribution is 5.95. The number of ether oxygens (including phenoxy) is 1. The van der Waals surface area contributed by atoms with Crippen LogP contribution >= 0.6 is 0 Å². The lowest BCUT2D eigenvalue weighted by molar-refractivity contribution is -0.907. The number of quaternary nitrogens is 1. The molecule has 0 spiro atoms. The zero-order valence-corrected chi connectivity index (χ0v) is 16.1. The minimum absolute atomic E-state index is 0.0869. The zero-order valence-electron chi connectivity index (χ0n) is 16.1. The molecule has 2 aromatic carbocycles. The number of rotatable bonds is 8. The van der Waals surface area contributed by atoms with E-state index in [0.717, 1.165) is 23.4 Å². The molecule has 2 aromatic rings. The largest absolute Gasteiger partial charge is 0.494 e. The van der Waals surface area contributed by atoms with Crippen LogP contribution < -0.4 is 15.0 Å². The Kier molecular flexibility index (Phi) is 6.90. The molecule has 0 saturated heterocycles. The van der Waals surface area contributed by atoms with Crippen molar-refractivity contribution in [3.63, 3.8) is 0 Å². The number of amides is 1. The summed E-state index contributed by atoms with van der Waals surface area (Å²) in [6, 6.07) is 12.2. The van der Waals surface area contributed by atoms with E-state index >= 15 is 0 Å². The van der Waals surface area contributed by atoms with Crippen molar-refractivity contribution in [1.29, 1.82) is 0 Å². The number of anilines is 1. The van der Waals surface area contributed by atoms with Gasteiger partial charge in [-0.05, 0) is 25.0 Å². The van der Waals surface area contributed by atoms with Gasteiger partial charge in [-0.2, -0.15) is 0 Å². The number of nitrogens with zero attached hydrogens (tertiary/aromatic N) is 1. The molecule has 7 nitrogen and oxygen atoms in total. The first kappa shape index (κ1) is 20.4. The van der Waals surface area contributed by atoms with Crippen molar-refractivity contribution in [2.45, 2.75) is 32.9 Å². The second-order valence-corrected chi connectivity index (χ2v) is 6.55. The number of carbonyl (C=O) groups is 1. The molecule has 2 N–H and O–H groups in total. The van der Waals surface area contributed by atoms with Crippen LogP contribution in [0.15, 0.2) is 42.5 Å². The standard InChI is InChI=1S/C20H25N3O4/c1-5-15-6-8-16(9-7-15)13-22(3)14(2)20(24)21-18-11-10-17(23(25)26)12-19(18)27-4/h6-12,14H,5,13H2,1-4H3,(H,21,24)/p+1/t14-/m0/s1. The van der Waals surface area contributed by atoms with Gasteiger partial charge in [0.1, 0.15) is 12.3 Å². The molecule has 27 heavy (non-hydrogen) atoms. The molecular formula is C20H26N3O4+. The van der Waals surface area contributed by atoms with Crippen LogP contribution in [-0.4, -0.2) is 31.0 Å². The Hall–Kier alpha value is -2.93. The van der Waals surface area contributed by atoms with E-state index in [1.165, 1.54) is 30.9 Å². The predicted molar refractivity (Wildman–Crippen MR) is 104 cm³/mol. The Labute approximate surface area is 159 Å². The minimum Gasteiger partial charge on any atom is -0.494 e. The summed E-state index contributed by atoms with van der Waals surface area (Å²) in [6.45, 7) is 4.68. The summed E-state index contributed by atoms with van der Waals surface area (Å²) in [4.78, 5) is 24.0. The minimum atomic E-state index is -0.502. The molecule has 0 bridgehead atoms. The van der Waals surface area contributed by atoms with E-state index < -0.39 is 4.92 Å². The quantitative estimate of drug-likeness (QED) is 0.549. The van der Waals surface area contributed by atoms with Crippen LogP contribution in [0.1, 0.15) is 25.0 Å².